The summed E-state index contributed by atoms with van der Waals surface area (Å²) in [5.41, 5.74) is 0.748. The molecule has 4 nitrogen and oxygen atoms in total. The Morgan fingerprint density at radius 3 is 2.41 bits per heavy atom. The van der Waals surface area contributed by atoms with E-state index >= 15 is 0 Å². The van der Waals surface area contributed by atoms with Crippen molar-refractivity contribution in [3.05, 3.63) is 53.6 Å². The molecular weight excluding hydrogens is 401 g/mol. The second-order valence-corrected chi connectivity index (χ2v) is 9.80. The first-order valence-electron chi connectivity index (χ1n) is 9.57. The number of hydrogen-bond acceptors (Lipinski definition) is 4. The molecule has 156 valence electrons. The summed E-state index contributed by atoms with van der Waals surface area (Å²) < 4.78 is 66.5. The summed E-state index contributed by atoms with van der Waals surface area (Å²) >= 11 is 0. The largest absolute Gasteiger partial charge is 0.417 e. The van der Waals surface area contributed by atoms with Gasteiger partial charge >= 0.3 is 6.18 Å². The number of anilines is 1. The molecule has 29 heavy (non-hydrogen) atoms. The summed E-state index contributed by atoms with van der Waals surface area (Å²) in [5.74, 6) is 0.174. The van der Waals surface area contributed by atoms with E-state index in [4.69, 9.17) is 0 Å². The van der Waals surface area contributed by atoms with E-state index in [1.165, 1.54) is 18.2 Å². The zero-order chi connectivity index (χ0) is 21.0. The minimum absolute atomic E-state index is 0.0837. The minimum Gasteiger partial charge on any atom is -0.371 e. The van der Waals surface area contributed by atoms with E-state index in [9.17, 15) is 21.6 Å². The van der Waals surface area contributed by atoms with Crippen molar-refractivity contribution in [1.82, 2.24) is 4.90 Å². The van der Waals surface area contributed by atoms with Gasteiger partial charge in [-0.3, -0.25) is 0 Å². The van der Waals surface area contributed by atoms with Crippen molar-refractivity contribution in [1.29, 1.82) is 0 Å². The Kier molecular flexibility index (Phi) is 4.90. The molecule has 8 heteroatoms. The van der Waals surface area contributed by atoms with Crippen LogP contribution in [0, 0.1) is 0 Å². The molecule has 2 aromatic rings. The van der Waals surface area contributed by atoms with Crippen molar-refractivity contribution in [2.75, 3.05) is 32.1 Å². The van der Waals surface area contributed by atoms with E-state index in [1.54, 1.807) is 12.1 Å². The molecule has 2 aliphatic rings. The van der Waals surface area contributed by atoms with E-state index in [0.717, 1.165) is 49.3 Å². The quantitative estimate of drug-likeness (QED) is 0.726. The van der Waals surface area contributed by atoms with Gasteiger partial charge in [-0.05, 0) is 68.9 Å². The number of halogens is 3. The molecule has 2 heterocycles. The smallest absolute Gasteiger partial charge is 0.371 e. The number of rotatable bonds is 2. The summed E-state index contributed by atoms with van der Waals surface area (Å²) in [6, 6.07) is 9.38. The van der Waals surface area contributed by atoms with E-state index in [0.29, 0.717) is 0 Å². The molecule has 2 atom stereocenters. The van der Waals surface area contributed by atoms with Crippen LogP contribution in [-0.2, 0) is 16.0 Å². The molecule has 1 unspecified atom stereocenters. The highest BCUT2D eigenvalue weighted by molar-refractivity contribution is 7.91. The van der Waals surface area contributed by atoms with Gasteiger partial charge in [0, 0.05) is 24.7 Å². The fraction of sp³-hybridized carbons (Fsp3) is 0.429. The number of benzene rings is 2. The predicted octanol–water partition coefficient (Wildman–Crippen LogP) is 4.17. The molecule has 0 radical (unpaired) electrons. The Hall–Kier alpha value is -2.06. The number of sulfone groups is 1. The van der Waals surface area contributed by atoms with Gasteiger partial charge in [0.1, 0.15) is 0 Å². The van der Waals surface area contributed by atoms with Crippen molar-refractivity contribution >= 4 is 15.5 Å². The Morgan fingerprint density at radius 2 is 1.69 bits per heavy atom. The third-order valence-electron chi connectivity index (χ3n) is 6.16. The lowest BCUT2D eigenvalue weighted by Crippen LogP contribution is -2.31. The maximum Gasteiger partial charge on any atom is 0.417 e. The predicted molar refractivity (Wildman–Crippen MR) is 105 cm³/mol. The lowest BCUT2D eigenvalue weighted by Gasteiger charge is -2.25. The van der Waals surface area contributed by atoms with E-state index in [-0.39, 0.29) is 16.9 Å². The topological polar surface area (TPSA) is 40.6 Å². The Morgan fingerprint density at radius 1 is 1.00 bits per heavy atom. The van der Waals surface area contributed by atoms with Crippen LogP contribution in [0.5, 0.6) is 0 Å². The second-order valence-electron chi connectivity index (χ2n) is 7.88. The highest BCUT2D eigenvalue weighted by Gasteiger charge is 2.40. The average molecular weight is 424 g/mol. The zero-order valence-electron chi connectivity index (χ0n) is 16.3. The molecule has 0 aromatic heterocycles. The van der Waals surface area contributed by atoms with Gasteiger partial charge in [-0.2, -0.15) is 13.2 Å². The molecule has 2 aromatic carbocycles. The van der Waals surface area contributed by atoms with Gasteiger partial charge in [-0.25, -0.2) is 8.42 Å². The maximum atomic E-state index is 13.4. The molecule has 4 rings (SSSR count). The van der Waals surface area contributed by atoms with Crippen LogP contribution in [-0.4, -0.2) is 46.5 Å². The highest BCUT2D eigenvalue weighted by Crippen LogP contribution is 2.46. The van der Waals surface area contributed by atoms with Crippen LogP contribution in [0.3, 0.4) is 0 Å². The van der Waals surface area contributed by atoms with Crippen LogP contribution >= 0.6 is 0 Å². The molecule has 0 bridgehead atoms. The van der Waals surface area contributed by atoms with Crippen molar-refractivity contribution < 1.29 is 21.6 Å². The number of nitrogens with zero attached hydrogens (tertiary/aromatic N) is 2. The SMILES string of the molecule is CN1CCC2[C@@H](CC1)c1cc(S(=O)(=O)c3ccccc3C(F)(F)F)ccc1N2C. The molecule has 0 aliphatic carbocycles. The van der Waals surface area contributed by atoms with Crippen LogP contribution in [0.2, 0.25) is 0 Å². The molecular formula is C21H23F3N2O2S. The molecule has 1 saturated heterocycles. The zero-order valence-corrected chi connectivity index (χ0v) is 17.1. The monoisotopic (exact) mass is 424 g/mol. The maximum absolute atomic E-state index is 13.4. The summed E-state index contributed by atoms with van der Waals surface area (Å²) in [6.07, 6.45) is -2.88. The summed E-state index contributed by atoms with van der Waals surface area (Å²) in [4.78, 5) is 3.65. The first kappa shape index (κ1) is 20.2. The lowest BCUT2D eigenvalue weighted by atomic mass is 9.91. The van der Waals surface area contributed by atoms with Crippen LogP contribution < -0.4 is 4.90 Å². The van der Waals surface area contributed by atoms with Crippen molar-refractivity contribution in [3.63, 3.8) is 0 Å². The summed E-state index contributed by atoms with van der Waals surface area (Å²) in [5, 5.41) is 0. The van der Waals surface area contributed by atoms with E-state index < -0.39 is 26.5 Å². The fourth-order valence-corrected chi connectivity index (χ4v) is 6.12. The van der Waals surface area contributed by atoms with Gasteiger partial charge in [-0.1, -0.05) is 12.1 Å². The summed E-state index contributed by atoms with van der Waals surface area (Å²) in [7, 11) is -0.230. The van der Waals surface area contributed by atoms with Gasteiger partial charge in [-0.15, -0.1) is 0 Å². The van der Waals surface area contributed by atoms with E-state index in [2.05, 4.69) is 16.8 Å². The normalized spacial score (nSPS) is 22.9. The highest BCUT2D eigenvalue weighted by atomic mass is 32.2. The Labute approximate surface area is 168 Å². The number of fused-ring (bicyclic) bond motifs is 3. The van der Waals surface area contributed by atoms with Gasteiger partial charge in [0.25, 0.3) is 0 Å². The molecule has 0 saturated carbocycles. The number of alkyl halides is 3. The van der Waals surface area contributed by atoms with Crippen LogP contribution in [0.25, 0.3) is 0 Å². The number of hydrogen-bond donors (Lipinski definition) is 0. The summed E-state index contributed by atoms with van der Waals surface area (Å²) in [6.45, 7) is 1.87. The standard InChI is InChI=1S/C21H23F3N2O2S/c1-25-11-9-15-16-13-14(7-8-18(16)26(2)19(15)10-12-25)29(27,28)20-6-4-3-5-17(20)21(22,23)24/h3-8,13,15,19H,9-12H2,1-2H3/t15-,19?/m0/s1. The Balaban J connectivity index is 1.80. The van der Waals surface area contributed by atoms with Crippen molar-refractivity contribution in [3.8, 4) is 0 Å². The Bertz CT molecular complexity index is 1040. The van der Waals surface area contributed by atoms with Crippen molar-refractivity contribution in [2.45, 2.75) is 40.8 Å². The molecule has 2 aliphatic heterocycles. The third-order valence-corrected chi connectivity index (χ3v) is 7.97. The number of likely N-dealkylation sites (N-methyl/N-ethyl adjacent to an activating group) is 1. The van der Waals surface area contributed by atoms with Crippen molar-refractivity contribution in [2.24, 2.45) is 0 Å². The van der Waals surface area contributed by atoms with Crippen LogP contribution in [0.1, 0.15) is 29.9 Å². The van der Waals surface area contributed by atoms with Crippen LogP contribution in [0.4, 0.5) is 18.9 Å². The van der Waals surface area contributed by atoms with Crippen LogP contribution in [0.15, 0.2) is 52.3 Å². The van der Waals surface area contributed by atoms with Gasteiger partial charge in [0.05, 0.1) is 15.4 Å². The lowest BCUT2D eigenvalue weighted by molar-refractivity contribution is -0.139. The molecule has 0 spiro atoms. The van der Waals surface area contributed by atoms with Gasteiger partial charge < -0.3 is 9.80 Å². The second kappa shape index (κ2) is 7.02. The molecule has 0 N–H and O–H groups in total. The third kappa shape index (κ3) is 3.42. The number of likely N-dealkylation sites (tertiary alicyclic amines) is 1. The average Bonchev–Trinajstić information content (AvgIpc) is 2.80. The molecule has 1 fully saturated rings. The van der Waals surface area contributed by atoms with E-state index in [1.807, 2.05) is 7.05 Å². The minimum atomic E-state index is -4.74. The molecule has 0 amide bonds. The first-order chi connectivity index (χ1) is 13.6. The van der Waals surface area contributed by atoms with Gasteiger partial charge in [0.2, 0.25) is 9.84 Å². The van der Waals surface area contributed by atoms with Gasteiger partial charge in [0.15, 0.2) is 0 Å². The fourth-order valence-electron chi connectivity index (χ4n) is 4.60. The first-order valence-corrected chi connectivity index (χ1v) is 11.1.